The van der Waals surface area contributed by atoms with E-state index in [0.29, 0.717) is 12.1 Å². The second-order valence-corrected chi connectivity index (χ2v) is 8.15. The quantitative estimate of drug-likeness (QED) is 0.401. The van der Waals surface area contributed by atoms with Gasteiger partial charge >= 0.3 is 0 Å². The number of carbonyl (C=O) groups excluding carboxylic acids is 1. The number of carbonyl (C=O) groups is 1. The minimum atomic E-state index is -0.0567. The summed E-state index contributed by atoms with van der Waals surface area (Å²) in [4.78, 5) is 16.9. The Kier molecular flexibility index (Phi) is 4.99. The van der Waals surface area contributed by atoms with Crippen LogP contribution in [-0.2, 0) is 6.54 Å². The van der Waals surface area contributed by atoms with Crippen molar-refractivity contribution in [2.75, 3.05) is 0 Å². The largest absolute Gasteiger partial charge is 0.348 e. The number of fused-ring (bicyclic) bond motifs is 1. The van der Waals surface area contributed by atoms with Crippen LogP contribution in [0.1, 0.15) is 15.9 Å². The van der Waals surface area contributed by atoms with E-state index in [1.807, 2.05) is 54.6 Å². The number of amides is 1. The number of para-hydroxylation sites is 1. The SMILES string of the molecule is O=C(NCc1ccc(-c2nc3ccccc3s2)cc1)c1cccc(I)c1. The lowest BCUT2D eigenvalue weighted by Crippen LogP contribution is -2.22. The Morgan fingerprint density at radius 1 is 1.00 bits per heavy atom. The predicted octanol–water partition coefficient (Wildman–Crippen LogP) is 5.50. The highest BCUT2D eigenvalue weighted by Crippen LogP contribution is 2.29. The van der Waals surface area contributed by atoms with Crippen LogP contribution in [-0.4, -0.2) is 10.9 Å². The van der Waals surface area contributed by atoms with E-state index in [2.05, 4.69) is 51.1 Å². The van der Waals surface area contributed by atoms with Crippen molar-refractivity contribution in [2.24, 2.45) is 0 Å². The Labute approximate surface area is 169 Å². The fourth-order valence-corrected chi connectivity index (χ4v) is 4.19. The van der Waals surface area contributed by atoms with Crippen molar-refractivity contribution in [3.05, 3.63) is 87.5 Å². The van der Waals surface area contributed by atoms with Crippen LogP contribution in [0.4, 0.5) is 0 Å². The molecule has 1 heterocycles. The van der Waals surface area contributed by atoms with Gasteiger partial charge in [-0.2, -0.15) is 0 Å². The normalized spacial score (nSPS) is 10.8. The molecule has 26 heavy (non-hydrogen) atoms. The van der Waals surface area contributed by atoms with Crippen molar-refractivity contribution in [1.29, 1.82) is 0 Å². The van der Waals surface area contributed by atoms with Gasteiger partial charge in [-0.1, -0.05) is 42.5 Å². The average molecular weight is 470 g/mol. The van der Waals surface area contributed by atoms with Crippen molar-refractivity contribution in [3.8, 4) is 10.6 Å². The van der Waals surface area contributed by atoms with E-state index in [-0.39, 0.29) is 5.91 Å². The van der Waals surface area contributed by atoms with Gasteiger partial charge in [0.05, 0.1) is 10.2 Å². The number of hydrogen-bond donors (Lipinski definition) is 1. The highest BCUT2D eigenvalue weighted by Gasteiger charge is 2.07. The van der Waals surface area contributed by atoms with E-state index >= 15 is 0 Å². The lowest BCUT2D eigenvalue weighted by Gasteiger charge is -2.06. The molecule has 0 fully saturated rings. The molecule has 0 aliphatic rings. The van der Waals surface area contributed by atoms with E-state index in [1.54, 1.807) is 11.3 Å². The molecule has 1 aromatic heterocycles. The molecule has 128 valence electrons. The highest BCUT2D eigenvalue weighted by atomic mass is 127. The molecule has 5 heteroatoms. The molecular weight excluding hydrogens is 455 g/mol. The summed E-state index contributed by atoms with van der Waals surface area (Å²) in [6, 6.07) is 23.9. The zero-order valence-corrected chi connectivity index (χ0v) is 16.8. The van der Waals surface area contributed by atoms with Gasteiger partial charge in [0.15, 0.2) is 0 Å². The van der Waals surface area contributed by atoms with Crippen molar-refractivity contribution < 1.29 is 4.79 Å². The molecule has 1 N–H and O–H groups in total. The maximum atomic E-state index is 12.2. The van der Waals surface area contributed by atoms with E-state index in [9.17, 15) is 4.79 Å². The summed E-state index contributed by atoms with van der Waals surface area (Å²) in [6.45, 7) is 0.504. The van der Waals surface area contributed by atoms with E-state index in [1.165, 1.54) is 4.70 Å². The summed E-state index contributed by atoms with van der Waals surface area (Å²) in [7, 11) is 0. The molecule has 0 spiro atoms. The summed E-state index contributed by atoms with van der Waals surface area (Å²) in [5.41, 5.74) is 3.87. The first-order valence-electron chi connectivity index (χ1n) is 8.18. The topological polar surface area (TPSA) is 42.0 Å². The van der Waals surface area contributed by atoms with E-state index in [0.717, 1.165) is 25.2 Å². The molecule has 3 nitrogen and oxygen atoms in total. The molecule has 0 unspecified atom stereocenters. The number of hydrogen-bond acceptors (Lipinski definition) is 3. The summed E-state index contributed by atoms with van der Waals surface area (Å²) in [5, 5.41) is 3.98. The molecule has 0 atom stereocenters. The third-order valence-electron chi connectivity index (χ3n) is 4.03. The lowest BCUT2D eigenvalue weighted by atomic mass is 10.1. The summed E-state index contributed by atoms with van der Waals surface area (Å²) >= 11 is 3.90. The summed E-state index contributed by atoms with van der Waals surface area (Å²) in [5.74, 6) is -0.0567. The van der Waals surface area contributed by atoms with Crippen molar-refractivity contribution in [2.45, 2.75) is 6.54 Å². The molecule has 0 bridgehead atoms. The molecule has 0 aliphatic heterocycles. The third kappa shape index (κ3) is 3.78. The zero-order chi connectivity index (χ0) is 17.9. The monoisotopic (exact) mass is 470 g/mol. The van der Waals surface area contributed by atoms with Gasteiger partial charge in [-0.05, 0) is 58.5 Å². The maximum absolute atomic E-state index is 12.2. The number of thiazole rings is 1. The Balaban J connectivity index is 1.45. The van der Waals surface area contributed by atoms with Crippen molar-refractivity contribution in [1.82, 2.24) is 10.3 Å². The molecule has 3 aromatic carbocycles. The average Bonchev–Trinajstić information content (AvgIpc) is 3.11. The van der Waals surface area contributed by atoms with Gasteiger partial charge < -0.3 is 5.32 Å². The number of nitrogens with zero attached hydrogens (tertiary/aromatic N) is 1. The van der Waals surface area contributed by atoms with Crippen molar-refractivity contribution in [3.63, 3.8) is 0 Å². The molecule has 0 aliphatic carbocycles. The number of rotatable bonds is 4. The van der Waals surface area contributed by atoms with Crippen molar-refractivity contribution >= 4 is 50.1 Å². The Bertz CT molecular complexity index is 1040. The number of nitrogens with one attached hydrogen (secondary N) is 1. The van der Waals surface area contributed by atoms with Gasteiger partial charge in [0.1, 0.15) is 5.01 Å². The van der Waals surface area contributed by atoms with Crippen LogP contribution in [0.2, 0.25) is 0 Å². The number of aromatic nitrogens is 1. The van der Waals surface area contributed by atoms with Crippen LogP contribution in [0.5, 0.6) is 0 Å². The van der Waals surface area contributed by atoms with Crippen LogP contribution in [0, 0.1) is 3.57 Å². The second-order valence-electron chi connectivity index (χ2n) is 5.88. The minimum Gasteiger partial charge on any atom is -0.348 e. The van der Waals surface area contributed by atoms with Crippen LogP contribution in [0.25, 0.3) is 20.8 Å². The molecule has 0 radical (unpaired) electrons. The fourth-order valence-electron chi connectivity index (χ4n) is 2.67. The van der Waals surface area contributed by atoms with E-state index in [4.69, 9.17) is 0 Å². The van der Waals surface area contributed by atoms with Gasteiger partial charge in [0.25, 0.3) is 5.91 Å². The fraction of sp³-hybridized carbons (Fsp3) is 0.0476. The van der Waals surface area contributed by atoms with Gasteiger partial charge in [-0.3, -0.25) is 4.79 Å². The standard InChI is InChI=1S/C21H15IN2OS/c22-17-5-3-4-16(12-17)20(25)23-13-14-8-10-15(11-9-14)21-24-18-6-1-2-7-19(18)26-21/h1-12H,13H2,(H,23,25). The first-order valence-corrected chi connectivity index (χ1v) is 10.1. The Hall–Kier alpha value is -2.25. The van der Waals surface area contributed by atoms with Gasteiger partial charge in [-0.15, -0.1) is 11.3 Å². The molecular formula is C21H15IN2OS. The third-order valence-corrected chi connectivity index (χ3v) is 5.79. The second kappa shape index (κ2) is 7.55. The van der Waals surface area contributed by atoms with Gasteiger partial charge in [-0.25, -0.2) is 4.98 Å². The molecule has 0 saturated heterocycles. The molecule has 1 amide bonds. The zero-order valence-electron chi connectivity index (χ0n) is 13.8. The smallest absolute Gasteiger partial charge is 0.251 e. The summed E-state index contributed by atoms with van der Waals surface area (Å²) < 4.78 is 2.24. The van der Waals surface area contributed by atoms with Gasteiger partial charge in [0.2, 0.25) is 0 Å². The predicted molar refractivity (Wildman–Crippen MR) is 115 cm³/mol. The molecule has 0 saturated carbocycles. The lowest BCUT2D eigenvalue weighted by molar-refractivity contribution is 0.0951. The number of halogens is 1. The van der Waals surface area contributed by atoms with Crippen LogP contribution in [0.3, 0.4) is 0 Å². The minimum absolute atomic E-state index is 0.0567. The van der Waals surface area contributed by atoms with Gasteiger partial charge in [0, 0.05) is 21.2 Å². The van der Waals surface area contributed by atoms with E-state index < -0.39 is 0 Å². The number of benzene rings is 3. The Morgan fingerprint density at radius 2 is 1.81 bits per heavy atom. The summed E-state index contributed by atoms with van der Waals surface area (Å²) in [6.07, 6.45) is 0. The first kappa shape index (κ1) is 17.2. The van der Waals surface area contributed by atoms with Crippen LogP contribution in [0.15, 0.2) is 72.8 Å². The first-order chi connectivity index (χ1) is 12.7. The Morgan fingerprint density at radius 3 is 2.58 bits per heavy atom. The van der Waals surface area contributed by atoms with Crippen LogP contribution >= 0.6 is 33.9 Å². The maximum Gasteiger partial charge on any atom is 0.251 e. The highest BCUT2D eigenvalue weighted by molar-refractivity contribution is 14.1. The van der Waals surface area contributed by atoms with Crippen LogP contribution < -0.4 is 5.32 Å². The molecule has 4 aromatic rings. The molecule has 4 rings (SSSR count).